The molecule has 1 unspecified atom stereocenters. The van der Waals surface area contributed by atoms with Crippen LogP contribution in [0.4, 0.5) is 0 Å². The molecule has 3 rings (SSSR count). The topological polar surface area (TPSA) is 65.7 Å². The Morgan fingerprint density at radius 2 is 1.83 bits per heavy atom. The third kappa shape index (κ3) is 5.10. The highest BCUT2D eigenvalue weighted by molar-refractivity contribution is 6.00. The lowest BCUT2D eigenvalue weighted by Gasteiger charge is -2.21. The van der Waals surface area contributed by atoms with Crippen LogP contribution in [0.3, 0.4) is 0 Å². The molecule has 2 aromatic carbocycles. The number of rotatable bonds is 5. The highest BCUT2D eigenvalue weighted by atomic mass is 16.4. The largest absolute Gasteiger partial charge is 0.411 e. The summed E-state index contributed by atoms with van der Waals surface area (Å²) in [5.41, 5.74) is 6.70. The Morgan fingerprint density at radius 3 is 2.48 bits per heavy atom. The van der Waals surface area contributed by atoms with E-state index in [1.807, 2.05) is 55.5 Å². The van der Waals surface area contributed by atoms with Gasteiger partial charge in [-0.05, 0) is 54.8 Å². The predicted octanol–water partition coefficient (Wildman–Crippen LogP) is 4.44. The van der Waals surface area contributed by atoms with Crippen LogP contribution >= 0.6 is 0 Å². The van der Waals surface area contributed by atoms with Gasteiger partial charge in [-0.25, -0.2) is 0 Å². The SMILES string of the molecule is Cc1cc(/C(CC(c2ccc(C#CCO)cc2)c2ccccc2C)=N\O)ccn1. The first-order valence-electron chi connectivity index (χ1n) is 9.51. The molecule has 0 bridgehead atoms. The van der Waals surface area contributed by atoms with E-state index in [0.717, 1.165) is 22.4 Å². The Labute approximate surface area is 171 Å². The van der Waals surface area contributed by atoms with E-state index in [0.29, 0.717) is 12.1 Å². The highest BCUT2D eigenvalue weighted by Gasteiger charge is 2.20. The Kier molecular flexibility index (Phi) is 6.78. The number of aryl methyl sites for hydroxylation is 2. The van der Waals surface area contributed by atoms with E-state index < -0.39 is 0 Å². The molecule has 4 nitrogen and oxygen atoms in total. The van der Waals surface area contributed by atoms with Crippen LogP contribution < -0.4 is 0 Å². The second kappa shape index (κ2) is 9.68. The van der Waals surface area contributed by atoms with Gasteiger partial charge in [0.05, 0.1) is 5.71 Å². The Hall–Kier alpha value is -3.42. The summed E-state index contributed by atoms with van der Waals surface area (Å²) in [6.45, 7) is 3.86. The molecule has 0 aliphatic carbocycles. The minimum atomic E-state index is -0.157. The molecule has 0 saturated heterocycles. The molecule has 29 heavy (non-hydrogen) atoms. The molecule has 4 heteroatoms. The van der Waals surface area contributed by atoms with Crippen LogP contribution in [0.15, 0.2) is 72.0 Å². The fraction of sp³-hybridized carbons (Fsp3) is 0.200. The first-order chi connectivity index (χ1) is 14.1. The summed E-state index contributed by atoms with van der Waals surface area (Å²) in [7, 11) is 0. The van der Waals surface area contributed by atoms with E-state index in [-0.39, 0.29) is 12.5 Å². The van der Waals surface area contributed by atoms with Crippen molar-refractivity contribution in [2.24, 2.45) is 5.16 Å². The van der Waals surface area contributed by atoms with Crippen LogP contribution in [-0.4, -0.2) is 27.6 Å². The van der Waals surface area contributed by atoms with Crippen molar-refractivity contribution in [2.75, 3.05) is 6.61 Å². The van der Waals surface area contributed by atoms with Crippen molar-refractivity contribution in [3.8, 4) is 11.8 Å². The quantitative estimate of drug-likeness (QED) is 0.296. The molecule has 0 saturated carbocycles. The van der Waals surface area contributed by atoms with Gasteiger partial charge in [-0.1, -0.05) is 53.4 Å². The monoisotopic (exact) mass is 384 g/mol. The number of nitrogens with zero attached hydrogens (tertiary/aromatic N) is 2. The third-order valence-electron chi connectivity index (χ3n) is 4.94. The van der Waals surface area contributed by atoms with Crippen molar-refractivity contribution >= 4 is 5.71 Å². The van der Waals surface area contributed by atoms with Crippen LogP contribution in [0, 0.1) is 25.7 Å². The van der Waals surface area contributed by atoms with Crippen molar-refractivity contribution in [1.82, 2.24) is 4.98 Å². The lowest BCUT2D eigenvalue weighted by Crippen LogP contribution is -2.12. The smallest absolute Gasteiger partial charge is 0.104 e. The van der Waals surface area contributed by atoms with Crippen LogP contribution in [0.25, 0.3) is 0 Å². The van der Waals surface area contributed by atoms with Gasteiger partial charge in [0.25, 0.3) is 0 Å². The molecule has 0 amide bonds. The van der Waals surface area contributed by atoms with E-state index in [4.69, 9.17) is 5.11 Å². The van der Waals surface area contributed by atoms with Gasteiger partial charge in [-0.3, -0.25) is 4.98 Å². The molecule has 2 N–H and O–H groups in total. The van der Waals surface area contributed by atoms with Crippen molar-refractivity contribution in [3.63, 3.8) is 0 Å². The minimum Gasteiger partial charge on any atom is -0.411 e. The number of aromatic nitrogens is 1. The van der Waals surface area contributed by atoms with Crippen molar-refractivity contribution in [1.29, 1.82) is 0 Å². The zero-order chi connectivity index (χ0) is 20.6. The molecule has 1 atom stereocenters. The lowest BCUT2D eigenvalue weighted by molar-refractivity contribution is 0.317. The maximum absolute atomic E-state index is 9.75. The fourth-order valence-corrected chi connectivity index (χ4v) is 3.46. The Bertz CT molecular complexity index is 1060. The molecular formula is C25H24N2O2. The summed E-state index contributed by atoms with van der Waals surface area (Å²) >= 11 is 0. The maximum Gasteiger partial charge on any atom is 0.104 e. The molecule has 0 spiro atoms. The van der Waals surface area contributed by atoms with Gasteiger partial charge in [0, 0.05) is 35.4 Å². The summed E-state index contributed by atoms with van der Waals surface area (Å²) < 4.78 is 0. The molecular weight excluding hydrogens is 360 g/mol. The maximum atomic E-state index is 9.75. The molecule has 1 heterocycles. The number of benzene rings is 2. The molecule has 0 aliphatic rings. The number of oxime groups is 1. The van der Waals surface area contributed by atoms with Crippen LogP contribution in [0.5, 0.6) is 0 Å². The lowest BCUT2D eigenvalue weighted by atomic mass is 9.83. The van der Waals surface area contributed by atoms with Crippen molar-refractivity contribution in [3.05, 3.63) is 100 Å². The van der Waals surface area contributed by atoms with Gasteiger partial charge in [0.1, 0.15) is 6.61 Å². The third-order valence-corrected chi connectivity index (χ3v) is 4.94. The highest BCUT2D eigenvalue weighted by Crippen LogP contribution is 2.32. The van der Waals surface area contributed by atoms with Crippen LogP contribution in [0.1, 0.15) is 45.8 Å². The summed E-state index contributed by atoms with van der Waals surface area (Å²) in [6, 6.07) is 20.1. The fourth-order valence-electron chi connectivity index (χ4n) is 3.46. The van der Waals surface area contributed by atoms with Crippen LogP contribution in [0.2, 0.25) is 0 Å². The number of hydrogen-bond donors (Lipinski definition) is 2. The summed E-state index contributed by atoms with van der Waals surface area (Å²) in [5.74, 6) is 5.62. The second-order valence-electron chi connectivity index (χ2n) is 6.93. The summed E-state index contributed by atoms with van der Waals surface area (Å²) in [4.78, 5) is 4.23. The first kappa shape index (κ1) is 20.3. The average molecular weight is 384 g/mol. The molecule has 146 valence electrons. The van der Waals surface area contributed by atoms with E-state index in [2.05, 4.69) is 41.0 Å². The molecule has 3 aromatic rings. The van der Waals surface area contributed by atoms with Gasteiger partial charge >= 0.3 is 0 Å². The van der Waals surface area contributed by atoms with Crippen molar-refractivity contribution in [2.45, 2.75) is 26.2 Å². The van der Waals surface area contributed by atoms with Gasteiger partial charge < -0.3 is 10.3 Å². The standard InChI is InChI=1S/C25H24N2O2/c1-18-6-3-4-8-23(18)24(21-11-9-20(10-12-21)7-5-15-28)17-25(27-29)22-13-14-26-19(2)16-22/h3-4,6,8-14,16,24,28-29H,15,17H2,1-2H3/b27-25-. The number of aliphatic hydroxyl groups excluding tert-OH is 1. The average Bonchev–Trinajstić information content (AvgIpc) is 2.74. The van der Waals surface area contributed by atoms with Gasteiger partial charge in [-0.2, -0.15) is 0 Å². The molecule has 0 aliphatic heterocycles. The normalized spacial score (nSPS) is 12.2. The van der Waals surface area contributed by atoms with Gasteiger partial charge in [0.15, 0.2) is 0 Å². The number of aliphatic hydroxyl groups is 1. The Morgan fingerprint density at radius 1 is 1.07 bits per heavy atom. The van der Waals surface area contributed by atoms with Crippen molar-refractivity contribution < 1.29 is 10.3 Å². The first-order valence-corrected chi connectivity index (χ1v) is 9.51. The van der Waals surface area contributed by atoms with Gasteiger partial charge in [-0.15, -0.1) is 0 Å². The number of hydrogen-bond acceptors (Lipinski definition) is 4. The molecule has 1 aromatic heterocycles. The molecule has 0 fully saturated rings. The van der Waals surface area contributed by atoms with Gasteiger partial charge in [0.2, 0.25) is 0 Å². The predicted molar refractivity (Wildman–Crippen MR) is 115 cm³/mol. The van der Waals surface area contributed by atoms with Crippen LogP contribution in [-0.2, 0) is 0 Å². The summed E-state index contributed by atoms with van der Waals surface area (Å²) in [5, 5.41) is 22.3. The van der Waals surface area contributed by atoms with E-state index >= 15 is 0 Å². The van der Waals surface area contributed by atoms with E-state index in [1.54, 1.807) is 6.20 Å². The minimum absolute atomic E-state index is 0.0235. The van der Waals surface area contributed by atoms with E-state index in [1.165, 1.54) is 11.1 Å². The summed E-state index contributed by atoms with van der Waals surface area (Å²) in [6.07, 6.45) is 2.28. The van der Waals surface area contributed by atoms with E-state index in [9.17, 15) is 5.21 Å². The molecule has 0 radical (unpaired) electrons. The number of pyridine rings is 1. The Balaban J connectivity index is 2.01. The zero-order valence-electron chi connectivity index (χ0n) is 16.6. The zero-order valence-corrected chi connectivity index (χ0v) is 16.6. The second-order valence-corrected chi connectivity index (χ2v) is 6.93.